The molecule has 0 radical (unpaired) electrons. The summed E-state index contributed by atoms with van der Waals surface area (Å²) < 4.78 is 191. The van der Waals surface area contributed by atoms with E-state index >= 15 is 0 Å². The fraction of sp³-hybridized carbons (Fsp3) is 0.108. The monoisotopic (exact) mass is 1220 g/mol. The number of nitrogens with zero attached hydrogens (tertiary/aromatic N) is 9. The highest BCUT2D eigenvalue weighted by Crippen LogP contribution is 2.44. The van der Waals surface area contributed by atoms with E-state index in [9.17, 15) is 62.1 Å². The number of aryl methyl sites for hydroxylation is 1. The van der Waals surface area contributed by atoms with E-state index < -0.39 is 99.4 Å². The number of hydrogen-bond donors (Lipinski definition) is 6. The van der Waals surface area contributed by atoms with Crippen LogP contribution in [0.3, 0.4) is 0 Å². The predicted octanol–water partition coefficient (Wildman–Crippen LogP) is 6.06. The smallest absolute Gasteiger partial charge is 0.425 e. The van der Waals surface area contributed by atoms with Gasteiger partial charge in [0.15, 0.2) is 11.4 Å². The van der Waals surface area contributed by atoms with Gasteiger partial charge in [-0.15, -0.1) is 55.9 Å². The molecule has 2 heterocycles. The number of rotatable bonds is 15. The van der Waals surface area contributed by atoms with Gasteiger partial charge in [0.05, 0.1) is 39.5 Å². The molecule has 0 atom stereocenters. The largest absolute Gasteiger partial charge is 0.505 e. The molecule has 0 amide bonds. The highest BCUT2D eigenvalue weighted by atomic mass is 35.5. The summed E-state index contributed by atoms with van der Waals surface area (Å²) in [5, 5.41) is 49.7. The number of carbonyl (C=O) groups excluding carboxylic acids is 2. The molecule has 5 aromatic carbocycles. The molecule has 0 bridgehead atoms. The van der Waals surface area contributed by atoms with Crippen molar-refractivity contribution in [2.45, 2.75) is 28.0 Å². The number of fused-ring (bicyclic) bond motifs is 2. The number of benzene rings is 5. The predicted molar refractivity (Wildman–Crippen MR) is 260 cm³/mol. The molecule has 40 heteroatoms. The summed E-state index contributed by atoms with van der Waals surface area (Å²) in [6.45, 7) is 1.36. The second-order valence-corrected chi connectivity index (χ2v) is 22.1. The Morgan fingerprint density at radius 1 is 0.688 bits per heavy atom. The molecule has 32 nitrogen and oxygen atoms in total. The number of halogens is 1. The molecule has 0 aliphatic heterocycles. The van der Waals surface area contributed by atoms with E-state index in [1.54, 1.807) is 13.0 Å². The highest BCUT2D eigenvalue weighted by Gasteiger charge is 2.24. The molecule has 0 unspecified atom stereocenters. The number of phenols is 1. The van der Waals surface area contributed by atoms with E-state index in [-0.39, 0.29) is 79.8 Å². The summed E-state index contributed by atoms with van der Waals surface area (Å²) in [5.74, 6) is -1.98. The third-order valence-electron chi connectivity index (χ3n) is 8.97. The van der Waals surface area contributed by atoms with E-state index in [1.165, 1.54) is 42.5 Å². The second kappa shape index (κ2) is 25.8. The van der Waals surface area contributed by atoms with Crippen LogP contribution >= 0.6 is 22.9 Å². The van der Waals surface area contributed by atoms with E-state index in [4.69, 9.17) is 51.2 Å². The molecule has 6 N–H and O–H groups in total. The molecule has 0 saturated heterocycles. The van der Waals surface area contributed by atoms with Crippen molar-refractivity contribution in [2.75, 3.05) is 12.4 Å². The van der Waals surface area contributed by atoms with Gasteiger partial charge in [0, 0.05) is 21.9 Å². The molecular formula is C37H28ClN9O23S7. The van der Waals surface area contributed by atoms with Crippen LogP contribution in [0, 0.1) is 6.92 Å². The van der Waals surface area contributed by atoms with Crippen LogP contribution in [-0.2, 0) is 71.3 Å². The van der Waals surface area contributed by atoms with Gasteiger partial charge in [0.1, 0.15) is 38.1 Å². The molecule has 0 spiro atoms. The Bertz CT molecular complexity index is 4240. The average molecular weight is 1230 g/mol. The molecular weight excluding hydrogens is 1200 g/mol. The van der Waals surface area contributed by atoms with Crippen LogP contribution in [-0.4, -0.2) is 121 Å². The topological polar surface area (TPSA) is 509 Å². The first kappa shape index (κ1) is 61.8. The average Bonchev–Trinajstić information content (AvgIpc) is 3.90. The molecule has 77 heavy (non-hydrogen) atoms. The lowest BCUT2D eigenvalue weighted by molar-refractivity contribution is -0.191. The van der Waals surface area contributed by atoms with Crippen molar-refractivity contribution >= 4 is 145 Å². The van der Waals surface area contributed by atoms with Crippen molar-refractivity contribution in [2.24, 2.45) is 30.7 Å². The zero-order valence-corrected chi connectivity index (χ0v) is 44.0. The summed E-state index contributed by atoms with van der Waals surface area (Å²) >= 11 is 6.96. The van der Waals surface area contributed by atoms with Gasteiger partial charge in [-0.3, -0.25) is 18.2 Å². The summed E-state index contributed by atoms with van der Waals surface area (Å²) in [4.78, 5) is 18.6. The van der Waals surface area contributed by atoms with Crippen LogP contribution < -0.4 is 4.74 Å². The van der Waals surface area contributed by atoms with Crippen molar-refractivity contribution in [1.29, 1.82) is 0 Å². The minimum Gasteiger partial charge on any atom is -0.505 e. The van der Waals surface area contributed by atoms with Crippen LogP contribution in [0.5, 0.6) is 17.4 Å². The Morgan fingerprint density at radius 3 is 1.86 bits per heavy atom. The number of ether oxygens (including phenoxy) is 1. The molecule has 0 fully saturated rings. The molecule has 0 saturated carbocycles. The lowest BCUT2D eigenvalue weighted by Crippen LogP contribution is -2.08. The van der Waals surface area contributed by atoms with Gasteiger partial charge in [-0.05, 0) is 73.5 Å². The number of azo groups is 3. The third kappa shape index (κ3) is 17.6. The van der Waals surface area contributed by atoms with Gasteiger partial charge < -0.3 is 14.9 Å². The molecule has 7 aromatic rings. The van der Waals surface area contributed by atoms with Crippen molar-refractivity contribution in [3.63, 3.8) is 0 Å². The SMILES string of the molecule is Cc1cc(N=Nc2ccc3c(S(=O)(=O)O)c(N=Nc4cnn(-c5cc(Cl)cc(S(=O)(=O)O)c5)c4O)ccc3c2O)c(OCCCS(=O)(=O)O)cc1N=Nc1nc2c(S(=O)(=O)O)cccc2s1.O=C=O.O=S(=O)=O.O=S(=O)=O. The standard InChI is InChI=1S/C36H28ClN9O15S5.CO2.2O3S/c1-18-12-27(29(61-10-3-11-63(49,50)51)16-26(18)42-45-36-39-32-30(62-36)4-2-5-31(32)65(55,56)57)43-40-24-8-7-23-22(33(24)47)6-9-25(34(23)66(58,59)60)41-44-28-17-38-46(35(28)48)20-13-19(37)14-21(15-20)64(52,53)54;2-1-3;2*1-4(2)3/h2,4-9,12-17,47-48H,3,10-11H2,1H3,(H,49,50,51)(H,52,53,54)(H,55,56,57)(H,58,59,60);;;. The summed E-state index contributed by atoms with van der Waals surface area (Å²) in [6, 6.07) is 14.7. The first-order chi connectivity index (χ1) is 35.7. The highest BCUT2D eigenvalue weighted by molar-refractivity contribution is 7.86. The maximum absolute atomic E-state index is 12.7. The Morgan fingerprint density at radius 2 is 1.26 bits per heavy atom. The fourth-order valence-electron chi connectivity index (χ4n) is 6.04. The summed E-state index contributed by atoms with van der Waals surface area (Å²) in [5.41, 5.74) is -0.536. The number of hydrogen-bond acceptors (Lipinski definition) is 28. The molecule has 0 aliphatic rings. The van der Waals surface area contributed by atoms with Crippen LogP contribution in [0.1, 0.15) is 12.0 Å². The number of para-hydroxylation sites is 1. The van der Waals surface area contributed by atoms with Gasteiger partial charge in [-0.2, -0.15) is 53.0 Å². The Hall–Kier alpha value is -7.79. The minimum atomic E-state index is -5.11. The van der Waals surface area contributed by atoms with Crippen molar-refractivity contribution in [1.82, 2.24) is 14.8 Å². The van der Waals surface area contributed by atoms with Gasteiger partial charge >= 0.3 is 27.4 Å². The summed E-state index contributed by atoms with van der Waals surface area (Å²) in [7, 11) is -25.0. The van der Waals surface area contributed by atoms with E-state index in [0.717, 1.165) is 46.5 Å². The van der Waals surface area contributed by atoms with Crippen LogP contribution in [0.2, 0.25) is 5.02 Å². The van der Waals surface area contributed by atoms with E-state index in [1.807, 2.05) is 0 Å². The van der Waals surface area contributed by atoms with Gasteiger partial charge in [-0.1, -0.05) is 35.1 Å². The zero-order valence-electron chi connectivity index (χ0n) is 37.5. The lowest BCUT2D eigenvalue weighted by Gasteiger charge is -2.11. The number of thiazole rings is 1. The quantitative estimate of drug-likeness (QED) is 0.0386. The maximum Gasteiger partial charge on any atom is 0.425 e. The van der Waals surface area contributed by atoms with Crippen LogP contribution in [0.15, 0.2) is 124 Å². The molecule has 2 aromatic heterocycles. The fourth-order valence-corrected chi connectivity index (χ4v) is 9.72. The summed E-state index contributed by atoms with van der Waals surface area (Å²) in [6.07, 6.45) is 1.08. The van der Waals surface area contributed by atoms with Crippen LogP contribution in [0.4, 0.5) is 33.6 Å². The normalized spacial score (nSPS) is 11.9. The first-order valence-electron chi connectivity index (χ1n) is 19.4. The van der Waals surface area contributed by atoms with Crippen molar-refractivity contribution < 1.29 is 102 Å². The lowest BCUT2D eigenvalue weighted by atomic mass is 10.1. The molecule has 408 valence electrons. The van der Waals surface area contributed by atoms with Crippen LogP contribution in [0.25, 0.3) is 26.7 Å². The number of aromatic hydroxyl groups is 2. The number of aromatic nitrogens is 3. The second-order valence-electron chi connectivity index (χ2n) is 14.1. The minimum absolute atomic E-state index is 0.0192. The van der Waals surface area contributed by atoms with Gasteiger partial charge in [0.25, 0.3) is 40.5 Å². The van der Waals surface area contributed by atoms with Crippen molar-refractivity contribution in [3.05, 3.63) is 89.6 Å². The maximum atomic E-state index is 12.7. The Balaban J connectivity index is 0.00000106. The third-order valence-corrected chi connectivity index (χ3v) is 13.6. The van der Waals surface area contributed by atoms with E-state index in [2.05, 4.69) is 40.8 Å². The first-order valence-corrected chi connectivity index (χ1v) is 28.6. The molecule has 7 rings (SSSR count). The zero-order chi connectivity index (χ0) is 57.8. The number of phenolic OH excluding ortho intramolecular Hbond substituents is 1. The Kier molecular flexibility index (Phi) is 20.7. The van der Waals surface area contributed by atoms with E-state index in [0.29, 0.717) is 10.3 Å². The Labute approximate surface area is 442 Å². The van der Waals surface area contributed by atoms with Crippen molar-refractivity contribution in [3.8, 4) is 23.1 Å². The van der Waals surface area contributed by atoms with Gasteiger partial charge in [0.2, 0.25) is 11.0 Å². The van der Waals surface area contributed by atoms with Gasteiger partial charge in [-0.25, -0.2) is 4.98 Å². The molecule has 0 aliphatic carbocycles.